The Balaban J connectivity index is 2.72. The van der Waals surface area contributed by atoms with Gasteiger partial charge in [-0.3, -0.25) is 0 Å². The number of nitrogens with zero attached hydrogens (tertiary/aromatic N) is 1. The molecule has 0 unspecified atom stereocenters. The van der Waals surface area contributed by atoms with Crippen LogP contribution in [-0.2, 0) is 0 Å². The summed E-state index contributed by atoms with van der Waals surface area (Å²) in [6, 6.07) is 4.15. The molecule has 0 saturated carbocycles. The van der Waals surface area contributed by atoms with Crippen molar-refractivity contribution in [2.24, 2.45) is 0 Å². The third-order valence-electron chi connectivity index (χ3n) is 3.03. The van der Waals surface area contributed by atoms with Gasteiger partial charge < -0.3 is 10.8 Å². The molecule has 3 N–H and O–H groups in total. The molecule has 21 heavy (non-hydrogen) atoms. The Morgan fingerprint density at radius 2 is 2.19 bits per heavy atom. The molecule has 2 rings (SSSR count). The summed E-state index contributed by atoms with van der Waals surface area (Å²) in [6.07, 6.45) is 5.16. The molecule has 0 amide bonds. The van der Waals surface area contributed by atoms with E-state index in [0.717, 1.165) is 0 Å². The van der Waals surface area contributed by atoms with Gasteiger partial charge in [0.2, 0.25) is 0 Å². The topological polar surface area (TPSA) is 76.2 Å². The van der Waals surface area contributed by atoms with Crippen molar-refractivity contribution in [3.63, 3.8) is 0 Å². The van der Waals surface area contributed by atoms with Crippen LogP contribution in [-0.4, -0.2) is 16.1 Å². The molecule has 1 aromatic carbocycles. The molecule has 4 nitrogen and oxygen atoms in total. The van der Waals surface area contributed by atoms with E-state index in [0.29, 0.717) is 11.1 Å². The number of aromatic nitrogens is 1. The Morgan fingerprint density at radius 3 is 2.71 bits per heavy atom. The number of hydrogen-bond donors (Lipinski definition) is 2. The van der Waals surface area contributed by atoms with Gasteiger partial charge in [0.25, 0.3) is 0 Å². The van der Waals surface area contributed by atoms with E-state index in [9.17, 15) is 9.18 Å². The number of nitrogen functional groups attached to an aromatic ring is 1. The second-order valence-corrected chi connectivity index (χ2v) is 4.68. The molecule has 0 spiro atoms. The lowest BCUT2D eigenvalue weighted by Crippen LogP contribution is -2.07. The number of hydrogen-bond acceptors (Lipinski definition) is 3. The smallest absolute Gasteiger partial charge is 0.356 e. The summed E-state index contributed by atoms with van der Waals surface area (Å²) in [5.74, 6) is 0.296. The van der Waals surface area contributed by atoms with Crippen LogP contribution in [0.3, 0.4) is 0 Å². The van der Waals surface area contributed by atoms with Crippen LogP contribution < -0.4 is 5.73 Å². The largest absolute Gasteiger partial charge is 0.476 e. The van der Waals surface area contributed by atoms with E-state index in [1.807, 2.05) is 0 Å². The van der Waals surface area contributed by atoms with E-state index in [1.165, 1.54) is 12.1 Å². The van der Waals surface area contributed by atoms with Crippen molar-refractivity contribution in [1.82, 2.24) is 4.98 Å². The van der Waals surface area contributed by atoms with E-state index >= 15 is 0 Å². The standard InChI is InChI=1S/C15H10ClFN2O2/c1-3-8-4-5-9(6-10(8)17)13-7(2)12(18)11(16)14(19-13)15(20)21/h1,4-6H,2H3,(H2,18,19)(H,20,21). The van der Waals surface area contributed by atoms with Gasteiger partial charge >= 0.3 is 5.97 Å². The first kappa shape index (κ1) is 14.8. The van der Waals surface area contributed by atoms with Crippen molar-refractivity contribution in [1.29, 1.82) is 0 Å². The summed E-state index contributed by atoms with van der Waals surface area (Å²) in [6.45, 7) is 1.63. The molecule has 0 aliphatic rings. The number of terminal acetylenes is 1. The molecule has 0 aliphatic carbocycles. The number of aromatic carboxylic acids is 1. The minimum absolute atomic E-state index is 0.0977. The normalized spacial score (nSPS) is 10.2. The molecule has 0 radical (unpaired) electrons. The molecule has 6 heteroatoms. The Hall–Kier alpha value is -2.58. The van der Waals surface area contributed by atoms with Gasteiger partial charge in [-0.05, 0) is 24.6 Å². The summed E-state index contributed by atoms with van der Waals surface area (Å²) in [5, 5.41) is 8.95. The molecular weight excluding hydrogens is 295 g/mol. The van der Waals surface area contributed by atoms with Crippen LogP contribution in [0.25, 0.3) is 11.3 Å². The Kier molecular flexibility index (Phi) is 3.83. The van der Waals surface area contributed by atoms with Crippen molar-refractivity contribution in [3.05, 3.63) is 45.9 Å². The highest BCUT2D eigenvalue weighted by Gasteiger charge is 2.19. The van der Waals surface area contributed by atoms with Gasteiger partial charge in [-0.1, -0.05) is 23.6 Å². The van der Waals surface area contributed by atoms with Crippen molar-refractivity contribution >= 4 is 23.3 Å². The van der Waals surface area contributed by atoms with Crippen LogP contribution in [0.2, 0.25) is 5.02 Å². The van der Waals surface area contributed by atoms with E-state index in [1.54, 1.807) is 13.0 Å². The fourth-order valence-corrected chi connectivity index (χ4v) is 2.13. The van der Waals surface area contributed by atoms with E-state index in [2.05, 4.69) is 10.9 Å². The van der Waals surface area contributed by atoms with Gasteiger partial charge in [-0.2, -0.15) is 0 Å². The summed E-state index contributed by atoms with van der Waals surface area (Å²) >= 11 is 5.86. The highest BCUT2D eigenvalue weighted by Crippen LogP contribution is 2.33. The molecular formula is C15H10ClFN2O2. The number of pyridine rings is 1. The molecule has 0 fully saturated rings. The van der Waals surface area contributed by atoms with Gasteiger partial charge in [-0.15, -0.1) is 6.42 Å². The maximum Gasteiger partial charge on any atom is 0.356 e. The first-order valence-electron chi connectivity index (χ1n) is 5.82. The van der Waals surface area contributed by atoms with Crippen LogP contribution in [0.5, 0.6) is 0 Å². The first-order valence-corrected chi connectivity index (χ1v) is 6.20. The zero-order valence-electron chi connectivity index (χ0n) is 10.9. The van der Waals surface area contributed by atoms with Crippen LogP contribution >= 0.6 is 11.6 Å². The SMILES string of the molecule is C#Cc1ccc(-c2nc(C(=O)O)c(Cl)c(N)c2C)cc1F. The number of nitrogens with two attached hydrogens (primary N) is 1. The monoisotopic (exact) mass is 304 g/mol. The summed E-state index contributed by atoms with van der Waals surface area (Å²) in [5.41, 5.74) is 6.71. The maximum atomic E-state index is 13.8. The highest BCUT2D eigenvalue weighted by atomic mass is 35.5. The van der Waals surface area contributed by atoms with Crippen LogP contribution in [0.15, 0.2) is 18.2 Å². The highest BCUT2D eigenvalue weighted by molar-refractivity contribution is 6.36. The van der Waals surface area contributed by atoms with Crippen molar-refractivity contribution < 1.29 is 14.3 Å². The average Bonchev–Trinajstić information content (AvgIpc) is 2.44. The van der Waals surface area contributed by atoms with Crippen molar-refractivity contribution in [2.75, 3.05) is 5.73 Å². The minimum Gasteiger partial charge on any atom is -0.476 e. The van der Waals surface area contributed by atoms with Crippen LogP contribution in [0, 0.1) is 25.1 Å². The Labute approximate surface area is 125 Å². The molecule has 1 heterocycles. The number of carbonyl (C=O) groups is 1. The summed E-state index contributed by atoms with van der Waals surface area (Å²) in [4.78, 5) is 15.1. The predicted molar refractivity (Wildman–Crippen MR) is 78.7 cm³/mol. The van der Waals surface area contributed by atoms with E-state index < -0.39 is 11.8 Å². The second-order valence-electron chi connectivity index (χ2n) is 4.31. The van der Waals surface area contributed by atoms with Gasteiger partial charge in [0.15, 0.2) is 5.69 Å². The predicted octanol–water partition coefficient (Wildman–Crippen LogP) is 3.11. The lowest BCUT2D eigenvalue weighted by molar-refractivity contribution is 0.0691. The Bertz CT molecular complexity index is 797. The molecule has 2 aromatic rings. The Morgan fingerprint density at radius 1 is 1.52 bits per heavy atom. The minimum atomic E-state index is -1.31. The van der Waals surface area contributed by atoms with Crippen LogP contribution in [0.4, 0.5) is 10.1 Å². The molecule has 0 saturated heterocycles. The lowest BCUT2D eigenvalue weighted by Gasteiger charge is -2.12. The van der Waals surface area contributed by atoms with Gasteiger partial charge in [-0.25, -0.2) is 14.2 Å². The summed E-state index contributed by atoms with van der Waals surface area (Å²) < 4.78 is 13.8. The third-order valence-corrected chi connectivity index (χ3v) is 3.41. The zero-order valence-corrected chi connectivity index (χ0v) is 11.7. The zero-order chi connectivity index (χ0) is 15.7. The first-order chi connectivity index (χ1) is 9.86. The fourth-order valence-electron chi connectivity index (χ4n) is 1.87. The summed E-state index contributed by atoms with van der Waals surface area (Å²) in [7, 11) is 0. The maximum absolute atomic E-state index is 13.8. The van der Waals surface area contributed by atoms with Gasteiger partial charge in [0.05, 0.1) is 22.0 Å². The number of halogens is 2. The van der Waals surface area contributed by atoms with Gasteiger partial charge in [0.1, 0.15) is 5.82 Å². The molecule has 0 aliphatic heterocycles. The quantitative estimate of drug-likeness (QED) is 0.836. The number of benzene rings is 1. The van der Waals surface area contributed by atoms with Gasteiger partial charge in [0, 0.05) is 5.56 Å². The molecule has 106 valence electrons. The van der Waals surface area contributed by atoms with E-state index in [4.69, 9.17) is 28.9 Å². The fraction of sp³-hybridized carbons (Fsp3) is 0.0667. The molecule has 1 aromatic heterocycles. The number of carboxylic acids is 1. The number of anilines is 1. The lowest BCUT2D eigenvalue weighted by atomic mass is 10.0. The van der Waals surface area contributed by atoms with E-state index in [-0.39, 0.29) is 27.7 Å². The molecule has 0 bridgehead atoms. The van der Waals surface area contributed by atoms with Crippen molar-refractivity contribution in [2.45, 2.75) is 6.92 Å². The van der Waals surface area contributed by atoms with Crippen LogP contribution in [0.1, 0.15) is 21.6 Å². The number of rotatable bonds is 2. The number of carboxylic acid groups (broad SMARTS) is 1. The second kappa shape index (κ2) is 5.43. The average molecular weight is 305 g/mol. The van der Waals surface area contributed by atoms with Crippen molar-refractivity contribution in [3.8, 4) is 23.6 Å². The molecule has 0 atom stereocenters. The third kappa shape index (κ3) is 2.54.